The number of thioether (sulfide) groups is 1. The SMILES string of the molecule is COc1ccc2c(c1)[C@@]1(SCCN1C(=O)c1ccccc1F)C(=O)N2Cc1ccccc1F. The van der Waals surface area contributed by atoms with Crippen LogP contribution in [0.5, 0.6) is 5.75 Å². The van der Waals surface area contributed by atoms with Crippen molar-refractivity contribution in [1.82, 2.24) is 4.90 Å². The van der Waals surface area contributed by atoms with Crippen molar-refractivity contribution in [3.63, 3.8) is 0 Å². The van der Waals surface area contributed by atoms with Crippen molar-refractivity contribution in [3.05, 3.63) is 95.1 Å². The van der Waals surface area contributed by atoms with E-state index < -0.39 is 22.4 Å². The summed E-state index contributed by atoms with van der Waals surface area (Å²) in [7, 11) is 1.52. The number of fused-ring (bicyclic) bond motifs is 2. The zero-order valence-corrected chi connectivity index (χ0v) is 18.6. The highest BCUT2D eigenvalue weighted by Gasteiger charge is 2.59. The summed E-state index contributed by atoms with van der Waals surface area (Å²) in [5.74, 6) is -0.960. The van der Waals surface area contributed by atoms with Gasteiger partial charge in [0.15, 0.2) is 4.87 Å². The van der Waals surface area contributed by atoms with Gasteiger partial charge in [0, 0.05) is 23.4 Å². The maximum Gasteiger partial charge on any atom is 0.268 e. The van der Waals surface area contributed by atoms with Gasteiger partial charge in [-0.3, -0.25) is 9.59 Å². The number of hydrogen-bond acceptors (Lipinski definition) is 4. The summed E-state index contributed by atoms with van der Waals surface area (Å²) in [5, 5.41) is 0. The number of ether oxygens (including phenoxy) is 1. The van der Waals surface area contributed by atoms with Crippen LogP contribution in [0.25, 0.3) is 0 Å². The van der Waals surface area contributed by atoms with Gasteiger partial charge in [-0.15, -0.1) is 11.8 Å². The highest BCUT2D eigenvalue weighted by molar-refractivity contribution is 8.01. The third kappa shape index (κ3) is 3.28. The van der Waals surface area contributed by atoms with Crippen LogP contribution in [0.4, 0.5) is 14.5 Å². The van der Waals surface area contributed by atoms with Crippen LogP contribution in [0.2, 0.25) is 0 Å². The van der Waals surface area contributed by atoms with Crippen LogP contribution in [0, 0.1) is 11.6 Å². The largest absolute Gasteiger partial charge is 0.497 e. The average Bonchev–Trinajstić information content (AvgIpc) is 3.37. The second kappa shape index (κ2) is 8.19. The van der Waals surface area contributed by atoms with E-state index in [1.54, 1.807) is 42.5 Å². The third-order valence-electron chi connectivity index (χ3n) is 6.04. The maximum atomic E-state index is 14.5. The summed E-state index contributed by atoms with van der Waals surface area (Å²) in [5.41, 5.74) is 1.42. The number of anilines is 1. The van der Waals surface area contributed by atoms with Gasteiger partial charge in [-0.1, -0.05) is 30.3 Å². The van der Waals surface area contributed by atoms with Gasteiger partial charge in [0.1, 0.15) is 17.4 Å². The summed E-state index contributed by atoms with van der Waals surface area (Å²) in [6.45, 7) is 0.280. The number of hydrogen-bond donors (Lipinski definition) is 0. The Morgan fingerprint density at radius 2 is 1.79 bits per heavy atom. The van der Waals surface area contributed by atoms with Gasteiger partial charge in [0.05, 0.1) is 24.9 Å². The Balaban J connectivity index is 1.64. The van der Waals surface area contributed by atoms with Crippen LogP contribution in [0.1, 0.15) is 21.5 Å². The number of rotatable bonds is 4. The van der Waals surface area contributed by atoms with Crippen molar-refractivity contribution in [2.45, 2.75) is 11.4 Å². The number of benzene rings is 3. The summed E-state index contributed by atoms with van der Waals surface area (Å²) >= 11 is 1.32. The van der Waals surface area contributed by atoms with E-state index in [4.69, 9.17) is 4.74 Å². The molecule has 0 bridgehead atoms. The van der Waals surface area contributed by atoms with E-state index in [0.717, 1.165) is 0 Å². The van der Waals surface area contributed by atoms with Crippen molar-refractivity contribution in [2.24, 2.45) is 0 Å². The molecule has 0 aromatic heterocycles. The Bertz CT molecular complexity index is 1270. The lowest BCUT2D eigenvalue weighted by atomic mass is 10.0. The zero-order valence-electron chi connectivity index (χ0n) is 17.8. The first-order valence-electron chi connectivity index (χ1n) is 10.4. The molecule has 2 heterocycles. The average molecular weight is 467 g/mol. The van der Waals surface area contributed by atoms with E-state index in [9.17, 15) is 18.4 Å². The highest BCUT2D eigenvalue weighted by atomic mass is 32.2. The minimum absolute atomic E-state index is 0.00880. The van der Waals surface area contributed by atoms with Gasteiger partial charge < -0.3 is 14.5 Å². The molecular formula is C25H20F2N2O3S. The van der Waals surface area contributed by atoms with Gasteiger partial charge in [-0.05, 0) is 36.4 Å². The smallest absolute Gasteiger partial charge is 0.268 e. The van der Waals surface area contributed by atoms with Gasteiger partial charge in [-0.2, -0.15) is 0 Å². The van der Waals surface area contributed by atoms with E-state index in [0.29, 0.717) is 28.3 Å². The molecule has 2 aliphatic heterocycles. The van der Waals surface area contributed by atoms with Gasteiger partial charge in [0.25, 0.3) is 11.8 Å². The van der Waals surface area contributed by atoms with Crippen LogP contribution in [-0.4, -0.2) is 36.1 Å². The molecule has 5 rings (SSSR count). The molecule has 0 aliphatic carbocycles. The first-order chi connectivity index (χ1) is 16.0. The first kappa shape index (κ1) is 21.5. The predicted molar refractivity (Wildman–Crippen MR) is 122 cm³/mol. The minimum atomic E-state index is -1.38. The number of nitrogens with zero attached hydrogens (tertiary/aromatic N) is 2. The lowest BCUT2D eigenvalue weighted by Crippen LogP contribution is -2.50. The third-order valence-corrected chi connectivity index (χ3v) is 7.46. The quantitative estimate of drug-likeness (QED) is 0.566. The molecule has 0 saturated carbocycles. The number of methoxy groups -OCH3 is 1. The maximum absolute atomic E-state index is 14.5. The standard InChI is InChI=1S/C25H20F2N2O3S/c1-32-17-10-11-22-19(14-17)25(24(31)28(22)15-16-6-2-4-8-20(16)26)29(12-13-33-25)23(30)18-7-3-5-9-21(18)27/h2-11,14H,12-13,15H2,1H3/t25-/m1/s1. The molecule has 0 unspecified atom stereocenters. The van der Waals surface area contributed by atoms with E-state index in [-0.39, 0.29) is 24.6 Å². The minimum Gasteiger partial charge on any atom is -0.497 e. The molecule has 168 valence electrons. The van der Waals surface area contributed by atoms with Crippen molar-refractivity contribution in [3.8, 4) is 5.75 Å². The second-order valence-corrected chi connectivity index (χ2v) is 9.08. The van der Waals surface area contributed by atoms with Crippen LogP contribution in [0.15, 0.2) is 66.7 Å². The molecule has 2 aliphatic rings. The van der Waals surface area contributed by atoms with Crippen molar-refractivity contribution >= 4 is 29.3 Å². The van der Waals surface area contributed by atoms with Crippen molar-refractivity contribution in [1.29, 1.82) is 0 Å². The fourth-order valence-electron chi connectivity index (χ4n) is 4.46. The van der Waals surface area contributed by atoms with Crippen LogP contribution in [-0.2, 0) is 16.2 Å². The molecule has 1 atom stereocenters. The number of halogens is 2. The summed E-state index contributed by atoms with van der Waals surface area (Å²) in [6.07, 6.45) is 0. The fourth-order valence-corrected chi connectivity index (χ4v) is 5.91. The van der Waals surface area contributed by atoms with Crippen LogP contribution >= 0.6 is 11.8 Å². The molecule has 2 amide bonds. The molecule has 0 radical (unpaired) electrons. The molecule has 3 aromatic carbocycles. The Morgan fingerprint density at radius 1 is 1.06 bits per heavy atom. The number of amides is 2. The van der Waals surface area contributed by atoms with Crippen molar-refractivity contribution in [2.75, 3.05) is 24.3 Å². The highest BCUT2D eigenvalue weighted by Crippen LogP contribution is 2.55. The Kier molecular flexibility index (Phi) is 5.32. The van der Waals surface area contributed by atoms with Gasteiger partial charge >= 0.3 is 0 Å². The van der Waals surface area contributed by atoms with Gasteiger partial charge in [0.2, 0.25) is 0 Å². The monoisotopic (exact) mass is 466 g/mol. The Labute approximate surface area is 193 Å². The predicted octanol–water partition coefficient (Wildman–Crippen LogP) is 4.56. The molecule has 8 heteroatoms. The summed E-state index contributed by atoms with van der Waals surface area (Å²) in [4.78, 5) is 29.0. The molecule has 0 N–H and O–H groups in total. The van der Waals surface area contributed by atoms with Crippen LogP contribution in [0.3, 0.4) is 0 Å². The normalized spacial score (nSPS) is 19.3. The second-order valence-electron chi connectivity index (χ2n) is 7.79. The molecule has 1 saturated heterocycles. The Hall–Kier alpha value is -3.39. The molecule has 1 fully saturated rings. The van der Waals surface area contributed by atoms with Gasteiger partial charge in [-0.25, -0.2) is 8.78 Å². The fraction of sp³-hybridized carbons (Fsp3) is 0.200. The van der Waals surface area contributed by atoms with E-state index >= 15 is 0 Å². The number of carbonyl (C=O) groups is 2. The van der Waals surface area contributed by atoms with Crippen molar-refractivity contribution < 1.29 is 23.1 Å². The molecule has 33 heavy (non-hydrogen) atoms. The summed E-state index contributed by atoms with van der Waals surface area (Å²) < 4.78 is 34.3. The van der Waals surface area contributed by atoms with E-state index in [1.807, 2.05) is 0 Å². The molecular weight excluding hydrogens is 446 g/mol. The lowest BCUT2D eigenvalue weighted by Gasteiger charge is -2.33. The first-order valence-corrected chi connectivity index (χ1v) is 11.4. The zero-order chi connectivity index (χ0) is 23.2. The lowest BCUT2D eigenvalue weighted by molar-refractivity contribution is -0.123. The Morgan fingerprint density at radius 3 is 2.52 bits per heavy atom. The molecule has 1 spiro atoms. The van der Waals surface area contributed by atoms with E-state index in [1.165, 1.54) is 52.9 Å². The van der Waals surface area contributed by atoms with E-state index in [2.05, 4.69) is 0 Å². The van der Waals surface area contributed by atoms with Crippen LogP contribution < -0.4 is 9.64 Å². The number of carbonyl (C=O) groups excluding carboxylic acids is 2. The molecule has 5 nitrogen and oxygen atoms in total. The topological polar surface area (TPSA) is 49.9 Å². The molecule has 3 aromatic rings. The summed E-state index contributed by atoms with van der Waals surface area (Å²) in [6, 6.07) is 17.2.